The number of aromatic nitrogens is 1. The maximum absolute atomic E-state index is 11.2. The van der Waals surface area contributed by atoms with E-state index in [0.29, 0.717) is 11.5 Å². The number of hydrogen-bond donors (Lipinski definition) is 1. The predicted molar refractivity (Wildman–Crippen MR) is 42.4 cm³/mol. The van der Waals surface area contributed by atoms with Gasteiger partial charge in [-0.3, -0.25) is 10.2 Å². The zero-order valence-corrected chi connectivity index (χ0v) is 7.29. The van der Waals surface area contributed by atoms with Gasteiger partial charge in [-0.25, -0.2) is 5.01 Å². The second-order valence-electron chi connectivity index (χ2n) is 2.66. The maximum Gasteiger partial charge on any atom is 0.287 e. The van der Waals surface area contributed by atoms with Crippen molar-refractivity contribution in [3.05, 3.63) is 17.5 Å². The Morgan fingerprint density at radius 1 is 1.67 bits per heavy atom. The third kappa shape index (κ3) is 2.06. The first-order valence-electron chi connectivity index (χ1n) is 3.51. The average Bonchev–Trinajstić information content (AvgIpc) is 2.34. The molecule has 0 saturated heterocycles. The average molecular weight is 169 g/mol. The summed E-state index contributed by atoms with van der Waals surface area (Å²) in [5, 5.41) is 5.10. The van der Waals surface area contributed by atoms with E-state index in [9.17, 15) is 4.79 Å². The van der Waals surface area contributed by atoms with Gasteiger partial charge in [-0.2, -0.15) is 0 Å². The van der Waals surface area contributed by atoms with Crippen LogP contribution in [0, 0.1) is 6.92 Å². The molecular formula is C7H11N3O2. The minimum absolute atomic E-state index is 0.267. The molecule has 0 fully saturated rings. The number of aryl methyl sites for hydroxylation is 1. The Morgan fingerprint density at radius 3 is 2.75 bits per heavy atom. The number of amides is 1. The molecule has 0 saturated carbocycles. The molecule has 5 heteroatoms. The third-order valence-electron chi connectivity index (χ3n) is 1.19. The Hall–Kier alpha value is -1.36. The van der Waals surface area contributed by atoms with Gasteiger partial charge in [0.1, 0.15) is 5.76 Å². The van der Waals surface area contributed by atoms with Gasteiger partial charge < -0.3 is 4.52 Å². The molecule has 0 unspecified atom stereocenters. The molecule has 0 spiro atoms. The second kappa shape index (κ2) is 3.36. The second-order valence-corrected chi connectivity index (χ2v) is 2.66. The van der Waals surface area contributed by atoms with Crippen LogP contribution >= 0.6 is 0 Å². The van der Waals surface area contributed by atoms with E-state index in [1.807, 2.05) is 0 Å². The first-order valence-corrected chi connectivity index (χ1v) is 3.51. The van der Waals surface area contributed by atoms with Crippen molar-refractivity contribution in [1.82, 2.24) is 15.6 Å². The summed E-state index contributed by atoms with van der Waals surface area (Å²) in [6.07, 6.45) is 0. The fourth-order valence-electron chi connectivity index (χ4n) is 0.734. The molecular weight excluding hydrogens is 158 g/mol. The normalized spacial score (nSPS) is 10.3. The number of hydrogen-bond acceptors (Lipinski definition) is 4. The minimum Gasteiger partial charge on any atom is -0.361 e. The Morgan fingerprint density at radius 2 is 2.33 bits per heavy atom. The number of carbonyl (C=O) groups excluding carboxylic acids is 1. The Kier molecular flexibility index (Phi) is 2.44. The third-order valence-corrected chi connectivity index (χ3v) is 1.19. The van der Waals surface area contributed by atoms with Gasteiger partial charge in [0.25, 0.3) is 5.91 Å². The molecule has 1 rings (SSSR count). The van der Waals surface area contributed by atoms with Gasteiger partial charge in [-0.15, -0.1) is 0 Å². The molecule has 1 N–H and O–H groups in total. The topological polar surface area (TPSA) is 58.4 Å². The summed E-state index contributed by atoms with van der Waals surface area (Å²) < 4.78 is 4.74. The van der Waals surface area contributed by atoms with Gasteiger partial charge in [0.05, 0.1) is 0 Å². The highest BCUT2D eigenvalue weighted by Gasteiger charge is 2.10. The van der Waals surface area contributed by atoms with Gasteiger partial charge in [-0.1, -0.05) is 5.16 Å². The maximum atomic E-state index is 11.2. The lowest BCUT2D eigenvalue weighted by molar-refractivity contribution is 0.0847. The van der Waals surface area contributed by atoms with E-state index in [0.717, 1.165) is 0 Å². The van der Waals surface area contributed by atoms with Crippen LogP contribution in [0.3, 0.4) is 0 Å². The first-order chi connectivity index (χ1) is 5.59. The molecule has 0 aliphatic carbocycles. The van der Waals surface area contributed by atoms with Gasteiger partial charge >= 0.3 is 0 Å². The summed E-state index contributed by atoms with van der Waals surface area (Å²) in [7, 11) is 3.45. The lowest BCUT2D eigenvalue weighted by Gasteiger charge is -2.09. The van der Waals surface area contributed by atoms with E-state index in [1.165, 1.54) is 0 Å². The van der Waals surface area contributed by atoms with Crippen LogP contribution in [0.25, 0.3) is 0 Å². The monoisotopic (exact) mass is 169 g/mol. The number of rotatable bonds is 2. The largest absolute Gasteiger partial charge is 0.361 e. The fraction of sp³-hybridized carbons (Fsp3) is 0.429. The highest BCUT2D eigenvalue weighted by Crippen LogP contribution is 2.00. The predicted octanol–water partition coefficient (Wildman–Crippen LogP) is 0.189. The van der Waals surface area contributed by atoms with E-state index in [4.69, 9.17) is 4.52 Å². The lowest BCUT2D eigenvalue weighted by atomic mass is 10.4. The quantitative estimate of drug-likeness (QED) is 0.642. The van der Waals surface area contributed by atoms with Crippen molar-refractivity contribution >= 4 is 5.91 Å². The number of carbonyl (C=O) groups is 1. The van der Waals surface area contributed by atoms with Crippen molar-refractivity contribution in [2.75, 3.05) is 14.1 Å². The number of hydrazine groups is 1. The van der Waals surface area contributed by atoms with Crippen LogP contribution in [0.5, 0.6) is 0 Å². The zero-order valence-electron chi connectivity index (χ0n) is 7.29. The van der Waals surface area contributed by atoms with E-state index in [1.54, 1.807) is 32.1 Å². The van der Waals surface area contributed by atoms with Crippen molar-refractivity contribution in [1.29, 1.82) is 0 Å². The van der Waals surface area contributed by atoms with Crippen LogP contribution in [0.4, 0.5) is 0 Å². The molecule has 0 bridgehead atoms. The summed E-state index contributed by atoms with van der Waals surface area (Å²) in [6.45, 7) is 1.74. The number of nitrogens with one attached hydrogen (secondary N) is 1. The molecule has 0 aliphatic rings. The van der Waals surface area contributed by atoms with Crippen LogP contribution < -0.4 is 5.43 Å². The highest BCUT2D eigenvalue weighted by atomic mass is 16.5. The molecule has 1 aromatic heterocycles. The molecule has 66 valence electrons. The van der Waals surface area contributed by atoms with Crippen LogP contribution in [0.1, 0.15) is 16.2 Å². The summed E-state index contributed by atoms with van der Waals surface area (Å²) in [6, 6.07) is 1.58. The molecule has 1 amide bonds. The van der Waals surface area contributed by atoms with Gasteiger partial charge in [0.15, 0.2) is 5.69 Å². The lowest BCUT2D eigenvalue weighted by Crippen LogP contribution is -2.36. The van der Waals surface area contributed by atoms with E-state index < -0.39 is 0 Å². The molecule has 0 aromatic carbocycles. The zero-order chi connectivity index (χ0) is 9.14. The van der Waals surface area contributed by atoms with Crippen molar-refractivity contribution < 1.29 is 9.32 Å². The van der Waals surface area contributed by atoms with Crippen molar-refractivity contribution in [3.8, 4) is 0 Å². The van der Waals surface area contributed by atoms with Gasteiger partial charge in [0.2, 0.25) is 0 Å². The van der Waals surface area contributed by atoms with Gasteiger partial charge in [0, 0.05) is 20.2 Å². The van der Waals surface area contributed by atoms with Crippen molar-refractivity contribution in [2.24, 2.45) is 0 Å². The van der Waals surface area contributed by atoms with Crippen molar-refractivity contribution in [2.45, 2.75) is 6.92 Å². The minimum atomic E-state index is -0.267. The van der Waals surface area contributed by atoms with Crippen LogP contribution in [0.15, 0.2) is 10.6 Å². The highest BCUT2D eigenvalue weighted by molar-refractivity contribution is 5.91. The molecule has 0 aliphatic heterocycles. The Balaban J connectivity index is 2.65. The molecule has 1 heterocycles. The molecule has 12 heavy (non-hydrogen) atoms. The fourth-order valence-corrected chi connectivity index (χ4v) is 0.734. The Bertz CT molecular complexity index is 280. The van der Waals surface area contributed by atoms with E-state index in [2.05, 4.69) is 10.6 Å². The van der Waals surface area contributed by atoms with Crippen LogP contribution in [-0.4, -0.2) is 30.2 Å². The summed E-state index contributed by atoms with van der Waals surface area (Å²) in [4.78, 5) is 11.2. The summed E-state index contributed by atoms with van der Waals surface area (Å²) >= 11 is 0. The first kappa shape index (κ1) is 8.73. The molecule has 0 atom stereocenters. The number of nitrogens with zero attached hydrogens (tertiary/aromatic N) is 2. The van der Waals surface area contributed by atoms with Crippen molar-refractivity contribution in [3.63, 3.8) is 0 Å². The summed E-state index contributed by atoms with van der Waals surface area (Å²) in [5.74, 6) is 0.357. The van der Waals surface area contributed by atoms with E-state index in [-0.39, 0.29) is 5.91 Å². The van der Waals surface area contributed by atoms with Crippen LogP contribution in [0.2, 0.25) is 0 Å². The standard InChI is InChI=1S/C7H11N3O2/c1-5-4-6(9-12-5)7(11)8-10(2)3/h4H,1-3H3,(H,8,11). The van der Waals surface area contributed by atoms with E-state index >= 15 is 0 Å². The molecule has 1 aromatic rings. The van der Waals surface area contributed by atoms with Gasteiger partial charge in [-0.05, 0) is 6.92 Å². The Labute approximate surface area is 70.3 Å². The molecule has 0 radical (unpaired) electrons. The van der Waals surface area contributed by atoms with Crippen LogP contribution in [-0.2, 0) is 0 Å². The SMILES string of the molecule is Cc1cc(C(=O)NN(C)C)no1. The smallest absolute Gasteiger partial charge is 0.287 e. The summed E-state index contributed by atoms with van der Waals surface area (Å²) in [5.41, 5.74) is 2.84. The molecule has 5 nitrogen and oxygen atoms in total.